The second kappa shape index (κ2) is 14.8. The van der Waals surface area contributed by atoms with E-state index in [9.17, 15) is 9.59 Å². The molecule has 42 heavy (non-hydrogen) atoms. The van der Waals surface area contributed by atoms with Gasteiger partial charge >= 0.3 is 6.03 Å². The molecule has 1 fully saturated rings. The number of ether oxygens (including phenoxy) is 1. The Morgan fingerprint density at radius 3 is 1.67 bits per heavy atom. The van der Waals surface area contributed by atoms with E-state index in [1.807, 2.05) is 72.8 Å². The van der Waals surface area contributed by atoms with Crippen LogP contribution in [0.5, 0.6) is 5.75 Å². The van der Waals surface area contributed by atoms with Crippen molar-refractivity contribution < 1.29 is 14.3 Å². The van der Waals surface area contributed by atoms with Crippen molar-refractivity contribution in [3.8, 4) is 5.75 Å². The second-order valence-corrected chi connectivity index (χ2v) is 10.6. The van der Waals surface area contributed by atoms with Crippen LogP contribution in [0, 0.1) is 0 Å². The molecule has 0 radical (unpaired) electrons. The minimum absolute atomic E-state index is 0.234. The van der Waals surface area contributed by atoms with Gasteiger partial charge in [0.1, 0.15) is 11.4 Å². The van der Waals surface area contributed by atoms with Gasteiger partial charge in [-0.2, -0.15) is 0 Å². The number of nitrogens with zero attached hydrogens (tertiary/aromatic N) is 2. The van der Waals surface area contributed by atoms with Crippen LogP contribution in [0.4, 0.5) is 4.79 Å². The molecule has 0 saturated carbocycles. The molecule has 4 aromatic rings. The maximum absolute atomic E-state index is 13.6. The van der Waals surface area contributed by atoms with E-state index in [4.69, 9.17) is 4.74 Å². The number of hydrogen-bond donors (Lipinski definition) is 0. The highest BCUT2D eigenvalue weighted by atomic mass is 16.5. The van der Waals surface area contributed by atoms with Crippen molar-refractivity contribution in [2.24, 2.45) is 0 Å². The number of hydrogen-bond acceptors (Lipinski definition) is 3. The molecule has 5 rings (SSSR count). The van der Waals surface area contributed by atoms with Crippen molar-refractivity contribution >= 4 is 18.0 Å². The van der Waals surface area contributed by atoms with E-state index in [1.165, 1.54) is 21.6 Å². The maximum Gasteiger partial charge on any atom is 0.331 e. The van der Waals surface area contributed by atoms with Gasteiger partial charge in [0.2, 0.25) is 0 Å². The fourth-order valence-electron chi connectivity index (χ4n) is 5.28. The fourth-order valence-corrected chi connectivity index (χ4v) is 5.28. The number of carbonyl (C=O) groups is 2. The SMILES string of the molecule is O=C1/C(=C\c2cccc(OCCCc3ccccc3)c2)N(CCCc2ccccc2)C(=O)N1CCCc1ccccc1. The van der Waals surface area contributed by atoms with Crippen molar-refractivity contribution in [1.29, 1.82) is 0 Å². The molecule has 0 aliphatic carbocycles. The van der Waals surface area contributed by atoms with Crippen molar-refractivity contribution in [2.75, 3.05) is 19.7 Å². The minimum atomic E-state index is -0.235. The Kier molecular flexibility index (Phi) is 10.2. The molecule has 0 N–H and O–H groups in total. The second-order valence-electron chi connectivity index (χ2n) is 10.6. The van der Waals surface area contributed by atoms with Crippen LogP contribution in [0.3, 0.4) is 0 Å². The Hall–Kier alpha value is -4.64. The van der Waals surface area contributed by atoms with E-state index in [-0.39, 0.29) is 11.9 Å². The fraction of sp³-hybridized carbons (Fsp3) is 0.243. The van der Waals surface area contributed by atoms with Gasteiger partial charge in [0, 0.05) is 13.1 Å². The van der Waals surface area contributed by atoms with Crippen LogP contribution in [0.15, 0.2) is 121 Å². The van der Waals surface area contributed by atoms with Crippen LogP contribution in [-0.2, 0) is 24.1 Å². The summed E-state index contributed by atoms with van der Waals surface area (Å²) in [5.74, 6) is 0.520. The summed E-state index contributed by atoms with van der Waals surface area (Å²) in [6, 6.07) is 38.3. The van der Waals surface area contributed by atoms with Crippen molar-refractivity contribution in [3.05, 3.63) is 143 Å². The highest BCUT2D eigenvalue weighted by Crippen LogP contribution is 2.26. The predicted octanol–water partition coefficient (Wildman–Crippen LogP) is 7.57. The van der Waals surface area contributed by atoms with E-state index in [0.717, 1.165) is 49.8 Å². The van der Waals surface area contributed by atoms with Crippen LogP contribution >= 0.6 is 0 Å². The van der Waals surface area contributed by atoms with Crippen molar-refractivity contribution in [2.45, 2.75) is 38.5 Å². The van der Waals surface area contributed by atoms with Gasteiger partial charge in [-0.1, -0.05) is 103 Å². The zero-order chi connectivity index (χ0) is 29.0. The maximum atomic E-state index is 13.6. The lowest BCUT2D eigenvalue weighted by atomic mass is 10.1. The molecular weight excluding hydrogens is 520 g/mol. The Balaban J connectivity index is 1.26. The molecule has 1 saturated heterocycles. The molecule has 0 spiro atoms. The van der Waals surface area contributed by atoms with Gasteiger partial charge in [0.25, 0.3) is 5.91 Å². The van der Waals surface area contributed by atoms with E-state index >= 15 is 0 Å². The molecule has 1 aliphatic heterocycles. The summed E-state index contributed by atoms with van der Waals surface area (Å²) in [7, 11) is 0. The molecule has 0 aromatic heterocycles. The molecule has 0 bridgehead atoms. The number of carbonyl (C=O) groups excluding carboxylic acids is 2. The first-order valence-electron chi connectivity index (χ1n) is 14.9. The van der Waals surface area contributed by atoms with Crippen molar-refractivity contribution in [3.63, 3.8) is 0 Å². The number of imide groups is 1. The summed E-state index contributed by atoms with van der Waals surface area (Å²) >= 11 is 0. The third-order valence-corrected chi connectivity index (χ3v) is 7.48. The molecule has 0 unspecified atom stereocenters. The van der Waals surface area contributed by atoms with Crippen molar-refractivity contribution in [1.82, 2.24) is 9.80 Å². The Labute approximate surface area is 249 Å². The highest BCUT2D eigenvalue weighted by molar-refractivity contribution is 6.13. The zero-order valence-electron chi connectivity index (χ0n) is 24.0. The van der Waals surface area contributed by atoms with Crippen LogP contribution in [-0.4, -0.2) is 41.4 Å². The number of aryl methyl sites for hydroxylation is 3. The Bertz CT molecular complexity index is 1470. The third-order valence-electron chi connectivity index (χ3n) is 7.48. The highest BCUT2D eigenvalue weighted by Gasteiger charge is 2.40. The monoisotopic (exact) mass is 558 g/mol. The van der Waals surface area contributed by atoms with Crippen LogP contribution in [0.25, 0.3) is 6.08 Å². The Morgan fingerprint density at radius 1 is 0.571 bits per heavy atom. The number of amides is 3. The molecule has 1 aliphatic rings. The Morgan fingerprint density at radius 2 is 1.10 bits per heavy atom. The molecule has 3 amide bonds. The molecular formula is C37H38N2O3. The lowest BCUT2D eigenvalue weighted by molar-refractivity contribution is -0.123. The lowest BCUT2D eigenvalue weighted by Crippen LogP contribution is -2.34. The largest absolute Gasteiger partial charge is 0.494 e. The van der Waals surface area contributed by atoms with E-state index in [1.54, 1.807) is 4.90 Å². The summed E-state index contributed by atoms with van der Waals surface area (Å²) in [5.41, 5.74) is 4.98. The third kappa shape index (κ3) is 7.97. The number of urea groups is 1. The van der Waals surface area contributed by atoms with E-state index in [2.05, 4.69) is 48.5 Å². The van der Waals surface area contributed by atoms with Crippen LogP contribution in [0.1, 0.15) is 41.5 Å². The van der Waals surface area contributed by atoms with Gasteiger partial charge in [-0.15, -0.1) is 0 Å². The van der Waals surface area contributed by atoms with Crippen LogP contribution < -0.4 is 4.74 Å². The molecule has 5 nitrogen and oxygen atoms in total. The quantitative estimate of drug-likeness (QED) is 0.0911. The molecule has 1 heterocycles. The van der Waals surface area contributed by atoms with Gasteiger partial charge in [0.05, 0.1) is 6.61 Å². The van der Waals surface area contributed by atoms with E-state index in [0.29, 0.717) is 25.4 Å². The number of rotatable bonds is 14. The topological polar surface area (TPSA) is 49.9 Å². The first kappa shape index (κ1) is 28.9. The molecule has 0 atom stereocenters. The first-order chi connectivity index (χ1) is 20.7. The lowest BCUT2D eigenvalue weighted by Gasteiger charge is -2.17. The summed E-state index contributed by atoms with van der Waals surface area (Å²) in [6.45, 7) is 1.48. The normalized spacial score (nSPS) is 14.1. The first-order valence-corrected chi connectivity index (χ1v) is 14.9. The van der Waals surface area contributed by atoms with Gasteiger partial charge in [-0.25, -0.2) is 4.79 Å². The average molecular weight is 559 g/mol. The number of benzene rings is 4. The minimum Gasteiger partial charge on any atom is -0.494 e. The average Bonchev–Trinajstić information content (AvgIpc) is 3.25. The summed E-state index contributed by atoms with van der Waals surface area (Å²) in [6.07, 6.45) is 6.84. The summed E-state index contributed by atoms with van der Waals surface area (Å²) < 4.78 is 6.03. The zero-order valence-corrected chi connectivity index (χ0v) is 24.0. The van der Waals surface area contributed by atoms with E-state index < -0.39 is 0 Å². The molecule has 4 aromatic carbocycles. The molecule has 214 valence electrons. The smallest absolute Gasteiger partial charge is 0.331 e. The summed E-state index contributed by atoms with van der Waals surface area (Å²) in [5, 5.41) is 0. The molecule has 5 heteroatoms. The standard InChI is InChI=1S/C37H38N2O3/c40-36-35(29-33-20-10-24-34(28-33)42-27-13-23-32-18-8-3-9-19-32)38(25-11-21-30-14-4-1-5-15-30)37(41)39(36)26-12-22-31-16-6-2-7-17-31/h1-10,14-20,24,28-29H,11-13,21-23,25-27H2/b35-29+. The predicted molar refractivity (Wildman–Crippen MR) is 168 cm³/mol. The van der Waals surface area contributed by atoms with Gasteiger partial charge in [-0.05, 0) is 79.0 Å². The summed E-state index contributed by atoms with van der Waals surface area (Å²) in [4.78, 5) is 30.2. The van der Waals surface area contributed by atoms with Gasteiger partial charge in [-0.3, -0.25) is 14.6 Å². The van der Waals surface area contributed by atoms with Gasteiger partial charge < -0.3 is 4.74 Å². The van der Waals surface area contributed by atoms with Gasteiger partial charge in [0.15, 0.2) is 0 Å². The van der Waals surface area contributed by atoms with Crippen LogP contribution in [0.2, 0.25) is 0 Å².